The summed E-state index contributed by atoms with van der Waals surface area (Å²) in [6.45, 7) is 0.0445. The normalized spacial score (nSPS) is 14.6. The van der Waals surface area contributed by atoms with Gasteiger partial charge in [0, 0.05) is 11.1 Å². The first-order valence-electron chi connectivity index (χ1n) is 4.18. The lowest BCUT2D eigenvalue weighted by Crippen LogP contribution is -2.14. The molecule has 3 N–H and O–H groups in total. The number of benzene rings is 1. The van der Waals surface area contributed by atoms with Gasteiger partial charge < -0.3 is 20.3 Å². The Kier molecular flexibility index (Phi) is 4.04. The zero-order chi connectivity index (χ0) is 10.1. The van der Waals surface area contributed by atoms with Crippen LogP contribution in [0.2, 0.25) is 5.02 Å². The largest absolute Gasteiger partial charge is 0.454 e. The maximum atomic E-state index is 8.91. The zero-order valence-corrected chi connectivity index (χ0v) is 9.35. The van der Waals surface area contributed by atoms with Crippen LogP contribution in [-0.2, 0) is 0 Å². The van der Waals surface area contributed by atoms with E-state index in [0.717, 1.165) is 0 Å². The molecule has 2 rings (SSSR count). The van der Waals surface area contributed by atoms with Crippen molar-refractivity contribution in [2.24, 2.45) is 5.73 Å². The van der Waals surface area contributed by atoms with Gasteiger partial charge in [0.05, 0.1) is 12.6 Å². The summed E-state index contributed by atoms with van der Waals surface area (Å²) in [6.07, 6.45) is 0. The van der Waals surface area contributed by atoms with Crippen LogP contribution < -0.4 is 15.2 Å². The molecule has 1 atom stereocenters. The minimum Gasteiger partial charge on any atom is -0.454 e. The lowest BCUT2D eigenvalue weighted by Gasteiger charge is -2.11. The maximum absolute atomic E-state index is 8.91. The monoisotopic (exact) mass is 251 g/mol. The fraction of sp³-hybridized carbons (Fsp3) is 0.333. The van der Waals surface area contributed by atoms with Crippen LogP contribution in [0.4, 0.5) is 0 Å². The van der Waals surface area contributed by atoms with Gasteiger partial charge in [-0.1, -0.05) is 11.6 Å². The van der Waals surface area contributed by atoms with E-state index in [1.54, 1.807) is 12.1 Å². The van der Waals surface area contributed by atoms with E-state index in [1.807, 2.05) is 0 Å². The van der Waals surface area contributed by atoms with Gasteiger partial charge in [-0.15, -0.1) is 12.4 Å². The number of ether oxygens (including phenoxy) is 2. The van der Waals surface area contributed by atoms with Gasteiger partial charge in [-0.25, -0.2) is 0 Å². The molecule has 1 aliphatic rings. The summed E-state index contributed by atoms with van der Waals surface area (Å²) in [5.74, 6) is 1.23. The SMILES string of the molecule is Cl.N[C@H](CO)c1cc2c(cc1Cl)OCO2. The second kappa shape index (κ2) is 4.90. The van der Waals surface area contributed by atoms with Gasteiger partial charge in [0.1, 0.15) is 0 Å². The van der Waals surface area contributed by atoms with Crippen LogP contribution in [0.1, 0.15) is 11.6 Å². The molecular weight excluding hydrogens is 241 g/mol. The highest BCUT2D eigenvalue weighted by Gasteiger charge is 2.19. The fourth-order valence-electron chi connectivity index (χ4n) is 1.32. The van der Waals surface area contributed by atoms with Gasteiger partial charge in [0.25, 0.3) is 0 Å². The Balaban J connectivity index is 0.00000112. The molecule has 0 aliphatic carbocycles. The van der Waals surface area contributed by atoms with Crippen molar-refractivity contribution in [3.8, 4) is 11.5 Å². The Morgan fingerprint density at radius 2 is 2.00 bits per heavy atom. The molecular formula is C9H11Cl2NO3. The van der Waals surface area contributed by atoms with Crippen molar-refractivity contribution in [3.63, 3.8) is 0 Å². The summed E-state index contributed by atoms with van der Waals surface area (Å²) < 4.78 is 10.3. The number of hydrogen-bond donors (Lipinski definition) is 2. The van der Waals surface area contributed by atoms with E-state index in [9.17, 15) is 0 Å². The molecule has 0 aromatic heterocycles. The second-order valence-electron chi connectivity index (χ2n) is 3.02. The van der Waals surface area contributed by atoms with Gasteiger partial charge in [-0.2, -0.15) is 0 Å². The molecule has 0 bridgehead atoms. The third-order valence-corrected chi connectivity index (χ3v) is 2.42. The van der Waals surface area contributed by atoms with Crippen molar-refractivity contribution < 1.29 is 14.6 Å². The van der Waals surface area contributed by atoms with E-state index in [4.69, 9.17) is 31.9 Å². The van der Waals surface area contributed by atoms with Crippen molar-refractivity contribution in [2.75, 3.05) is 13.4 Å². The number of halogens is 2. The van der Waals surface area contributed by atoms with Crippen LogP contribution >= 0.6 is 24.0 Å². The number of aliphatic hydroxyl groups excluding tert-OH is 1. The highest BCUT2D eigenvalue weighted by Crippen LogP contribution is 2.38. The van der Waals surface area contributed by atoms with Crippen molar-refractivity contribution in [1.29, 1.82) is 0 Å². The molecule has 0 unspecified atom stereocenters. The number of nitrogens with two attached hydrogens (primary N) is 1. The Morgan fingerprint density at radius 3 is 2.60 bits per heavy atom. The molecule has 1 aromatic rings. The molecule has 1 heterocycles. The smallest absolute Gasteiger partial charge is 0.231 e. The standard InChI is InChI=1S/C9H10ClNO3.ClH/c10-6-2-9-8(13-4-14-9)1-5(6)7(11)3-12;/h1-2,7,12H,3-4,11H2;1H/t7-;/m1./s1. The molecule has 1 aromatic carbocycles. The molecule has 0 radical (unpaired) electrons. The molecule has 4 nitrogen and oxygen atoms in total. The fourth-order valence-corrected chi connectivity index (χ4v) is 1.61. The summed E-state index contributed by atoms with van der Waals surface area (Å²) in [5, 5.41) is 9.39. The number of aliphatic hydroxyl groups is 1. The van der Waals surface area contributed by atoms with Crippen LogP contribution in [-0.4, -0.2) is 18.5 Å². The van der Waals surface area contributed by atoms with Crippen LogP contribution in [0, 0.1) is 0 Å². The summed E-state index contributed by atoms with van der Waals surface area (Å²) in [4.78, 5) is 0. The summed E-state index contributed by atoms with van der Waals surface area (Å²) >= 11 is 5.95. The third kappa shape index (κ3) is 2.29. The van der Waals surface area contributed by atoms with Gasteiger partial charge in [-0.3, -0.25) is 0 Å². The molecule has 84 valence electrons. The van der Waals surface area contributed by atoms with E-state index in [2.05, 4.69) is 0 Å². The molecule has 15 heavy (non-hydrogen) atoms. The first-order chi connectivity index (χ1) is 6.72. The highest BCUT2D eigenvalue weighted by atomic mass is 35.5. The number of fused-ring (bicyclic) bond motifs is 1. The summed E-state index contributed by atoms with van der Waals surface area (Å²) in [5.41, 5.74) is 6.32. The van der Waals surface area contributed by atoms with Gasteiger partial charge in [-0.05, 0) is 11.6 Å². The van der Waals surface area contributed by atoms with E-state index >= 15 is 0 Å². The molecule has 1 aliphatic heterocycles. The lowest BCUT2D eigenvalue weighted by molar-refractivity contribution is 0.174. The maximum Gasteiger partial charge on any atom is 0.231 e. The predicted octanol–water partition coefficient (Wildman–Crippen LogP) is 1.48. The van der Waals surface area contributed by atoms with E-state index < -0.39 is 6.04 Å². The molecule has 0 amide bonds. The first-order valence-corrected chi connectivity index (χ1v) is 4.55. The van der Waals surface area contributed by atoms with Crippen LogP contribution in [0.15, 0.2) is 12.1 Å². The number of rotatable bonds is 2. The van der Waals surface area contributed by atoms with E-state index in [-0.39, 0.29) is 25.8 Å². The van der Waals surface area contributed by atoms with Crippen LogP contribution in [0.5, 0.6) is 11.5 Å². The van der Waals surface area contributed by atoms with Gasteiger partial charge >= 0.3 is 0 Å². The quantitative estimate of drug-likeness (QED) is 0.836. The van der Waals surface area contributed by atoms with E-state index in [0.29, 0.717) is 22.1 Å². The molecule has 0 fully saturated rings. The molecule has 0 spiro atoms. The van der Waals surface area contributed by atoms with Crippen LogP contribution in [0.25, 0.3) is 0 Å². The van der Waals surface area contributed by atoms with E-state index in [1.165, 1.54) is 0 Å². The summed E-state index contributed by atoms with van der Waals surface area (Å²) in [7, 11) is 0. The van der Waals surface area contributed by atoms with Crippen LogP contribution in [0.3, 0.4) is 0 Å². The Labute approximate surface area is 98.3 Å². The minimum atomic E-state index is -0.489. The zero-order valence-electron chi connectivity index (χ0n) is 7.77. The highest BCUT2D eigenvalue weighted by molar-refractivity contribution is 6.31. The average molecular weight is 252 g/mol. The van der Waals surface area contributed by atoms with Crippen molar-refractivity contribution >= 4 is 24.0 Å². The Hall–Kier alpha value is -0.680. The number of hydrogen-bond acceptors (Lipinski definition) is 4. The topological polar surface area (TPSA) is 64.7 Å². The minimum absolute atomic E-state index is 0. The van der Waals surface area contributed by atoms with Gasteiger partial charge in [0.2, 0.25) is 6.79 Å². The van der Waals surface area contributed by atoms with Crippen molar-refractivity contribution in [3.05, 3.63) is 22.7 Å². The predicted molar refractivity (Wildman–Crippen MR) is 58.8 cm³/mol. The summed E-state index contributed by atoms with van der Waals surface area (Å²) in [6, 6.07) is 2.86. The van der Waals surface area contributed by atoms with Crippen molar-refractivity contribution in [1.82, 2.24) is 0 Å². The Morgan fingerprint density at radius 1 is 1.40 bits per heavy atom. The molecule has 0 saturated carbocycles. The second-order valence-corrected chi connectivity index (χ2v) is 3.42. The molecule has 6 heteroatoms. The van der Waals surface area contributed by atoms with Gasteiger partial charge in [0.15, 0.2) is 11.5 Å². The Bertz CT molecular complexity index is 359. The molecule has 0 saturated heterocycles. The average Bonchev–Trinajstić information content (AvgIpc) is 2.62. The lowest BCUT2D eigenvalue weighted by atomic mass is 10.1. The first kappa shape index (κ1) is 12.4. The van der Waals surface area contributed by atoms with Crippen molar-refractivity contribution in [2.45, 2.75) is 6.04 Å². The third-order valence-electron chi connectivity index (χ3n) is 2.09.